The van der Waals surface area contributed by atoms with Crippen molar-refractivity contribution in [3.63, 3.8) is 0 Å². The Balaban J connectivity index is -0.000000273. The van der Waals surface area contributed by atoms with E-state index in [1.54, 1.807) is 34.7 Å². The van der Waals surface area contributed by atoms with Crippen LogP contribution in [-0.4, -0.2) is 39.8 Å². The summed E-state index contributed by atoms with van der Waals surface area (Å²) in [5.74, 6) is -4.19. The zero-order chi connectivity index (χ0) is 19.2. The van der Waals surface area contributed by atoms with Gasteiger partial charge in [-0.3, -0.25) is 19.2 Å². The van der Waals surface area contributed by atoms with Crippen molar-refractivity contribution in [3.8, 4) is 0 Å². The minimum Gasteiger partial charge on any atom is -0.481 e. The summed E-state index contributed by atoms with van der Waals surface area (Å²) >= 11 is 1.70. The molecule has 0 radical (unpaired) electrons. The summed E-state index contributed by atoms with van der Waals surface area (Å²) in [6.07, 6.45) is 1.14. The summed E-state index contributed by atoms with van der Waals surface area (Å²) in [6, 6.07) is 0. The van der Waals surface area contributed by atoms with Gasteiger partial charge in [0.15, 0.2) is 0 Å². The number of carboxylic acids is 2. The predicted octanol–water partition coefficient (Wildman–Crippen LogP) is 2.25. The molecule has 0 aliphatic rings. The van der Waals surface area contributed by atoms with E-state index in [0.29, 0.717) is 18.9 Å². The van der Waals surface area contributed by atoms with Gasteiger partial charge in [0.25, 0.3) is 0 Å². The molecule has 0 spiro atoms. The van der Waals surface area contributed by atoms with E-state index in [1.165, 1.54) is 13.8 Å². The van der Waals surface area contributed by atoms with Gasteiger partial charge in [-0.15, -0.1) is 0 Å². The van der Waals surface area contributed by atoms with Crippen molar-refractivity contribution in [3.05, 3.63) is 0 Å². The van der Waals surface area contributed by atoms with Gasteiger partial charge in [-0.25, -0.2) is 0 Å². The Kier molecular flexibility index (Phi) is 18.5. The second-order valence-corrected chi connectivity index (χ2v) is 5.35. The number of ketones is 2. The number of carboxylic acid groups (broad SMARTS) is 2. The third-order valence-electron chi connectivity index (χ3n) is 2.63. The molecule has 0 heterocycles. The smallest absolute Gasteiger partial charge is 0.314 e. The first kappa shape index (κ1) is 26.8. The Morgan fingerprint density at radius 3 is 1.09 bits per heavy atom. The van der Waals surface area contributed by atoms with E-state index in [2.05, 4.69) is 0 Å². The van der Waals surface area contributed by atoms with Crippen LogP contribution in [0.2, 0.25) is 0 Å². The van der Waals surface area contributed by atoms with E-state index in [9.17, 15) is 19.2 Å². The van der Waals surface area contributed by atoms with Crippen molar-refractivity contribution in [2.45, 2.75) is 60.5 Å². The Hall–Kier alpha value is -1.05. The van der Waals surface area contributed by atoms with Crippen molar-refractivity contribution in [2.75, 3.05) is 0 Å². The third-order valence-corrected chi connectivity index (χ3v) is 3.37. The molecule has 0 aromatic heterocycles. The topological polar surface area (TPSA) is 118 Å². The molecule has 2 atom stereocenters. The van der Waals surface area contributed by atoms with E-state index in [-0.39, 0.29) is 11.6 Å². The second-order valence-electron chi connectivity index (χ2n) is 4.99. The van der Waals surface area contributed by atoms with Crippen LogP contribution in [-0.2, 0) is 43.3 Å². The maximum absolute atomic E-state index is 10.4. The molecule has 0 rings (SSSR count). The molecule has 0 aliphatic heterocycles. The molecule has 0 amide bonds. The van der Waals surface area contributed by atoms with Crippen LogP contribution in [0.25, 0.3) is 0 Å². The van der Waals surface area contributed by atoms with E-state index in [0.717, 1.165) is 0 Å². The van der Waals surface area contributed by atoms with E-state index in [4.69, 9.17) is 13.5 Å². The Bertz CT molecular complexity index is 320. The Labute approximate surface area is 149 Å². The fraction of sp³-hybridized carbons (Fsp3) is 0.733. The molecule has 0 saturated carbocycles. The maximum Gasteiger partial charge on any atom is 0.314 e. The number of aliphatic carboxylic acids is 2. The number of carbonyl (C=O) groups is 4. The number of carbonyl (C=O) groups excluding carboxylic acids is 2. The molecule has 0 aromatic carbocycles. The van der Waals surface area contributed by atoms with Gasteiger partial charge in [0.2, 0.25) is 0 Å². The van der Waals surface area contributed by atoms with Crippen molar-refractivity contribution >= 4 is 23.5 Å². The van der Waals surface area contributed by atoms with Crippen LogP contribution in [0, 0.1) is 11.8 Å². The SMILES string of the molecule is CC(C)[O][Ti].CCC(C(C)=O)C(=O)O.CCC(C(C)=O)C(=O)O. The van der Waals surface area contributed by atoms with Gasteiger partial charge in [0.05, 0.1) is 0 Å². The average Bonchev–Trinajstić information content (AvgIpc) is 2.39. The molecule has 0 saturated heterocycles. The van der Waals surface area contributed by atoms with Crippen LogP contribution in [0.3, 0.4) is 0 Å². The molecule has 0 aliphatic carbocycles. The van der Waals surface area contributed by atoms with Gasteiger partial charge in [-0.2, -0.15) is 0 Å². The molecule has 7 nitrogen and oxygen atoms in total. The quantitative estimate of drug-likeness (QED) is 0.523. The minimum absolute atomic E-state index is 0.273. The van der Waals surface area contributed by atoms with Crippen LogP contribution in [0.15, 0.2) is 0 Å². The first-order chi connectivity index (χ1) is 10.5. The fourth-order valence-corrected chi connectivity index (χ4v) is 1.27. The van der Waals surface area contributed by atoms with Crippen LogP contribution in [0.4, 0.5) is 0 Å². The van der Waals surface area contributed by atoms with E-state index < -0.39 is 23.8 Å². The first-order valence-corrected chi connectivity index (χ1v) is 7.88. The molecule has 2 unspecified atom stereocenters. The molecule has 133 valence electrons. The monoisotopic (exact) mass is 367 g/mol. The summed E-state index contributed by atoms with van der Waals surface area (Å²) in [4.78, 5) is 41.2. The summed E-state index contributed by atoms with van der Waals surface area (Å²) < 4.78 is 4.75. The molecule has 0 aromatic rings. The Morgan fingerprint density at radius 1 is 0.870 bits per heavy atom. The molecule has 8 heteroatoms. The normalized spacial score (nSPS) is 11.9. The molecular weight excluding hydrogens is 340 g/mol. The molecule has 2 N–H and O–H groups in total. The zero-order valence-electron chi connectivity index (χ0n) is 14.6. The summed E-state index contributed by atoms with van der Waals surface area (Å²) in [5.41, 5.74) is 0. The van der Waals surface area contributed by atoms with Crippen LogP contribution in [0.1, 0.15) is 54.4 Å². The molecule has 0 fully saturated rings. The largest absolute Gasteiger partial charge is 0.481 e. The van der Waals surface area contributed by atoms with Crippen molar-refractivity contribution in [1.82, 2.24) is 0 Å². The van der Waals surface area contributed by atoms with Crippen molar-refractivity contribution < 1.29 is 53.5 Å². The number of Topliss-reactive ketones (excluding diaryl/α,β-unsaturated/α-hetero) is 2. The van der Waals surface area contributed by atoms with Gasteiger partial charge in [0.1, 0.15) is 23.4 Å². The Morgan fingerprint density at radius 2 is 1.09 bits per heavy atom. The van der Waals surface area contributed by atoms with E-state index in [1.807, 2.05) is 13.8 Å². The molecular formula is C15H27O7Ti. The van der Waals surface area contributed by atoms with Gasteiger partial charge >= 0.3 is 56.0 Å². The number of hydrogen-bond acceptors (Lipinski definition) is 5. The standard InChI is InChI=1S/2C6H10O3.C3H7O.Ti/c2*1-3-5(4(2)7)6(8)9;1-3(2)4;/h2*5H,3H2,1-2H3,(H,8,9);3H,1-2H3;/q;;-1;+1. The van der Waals surface area contributed by atoms with Crippen molar-refractivity contribution in [1.29, 1.82) is 0 Å². The van der Waals surface area contributed by atoms with Gasteiger partial charge in [0, 0.05) is 0 Å². The second kappa shape index (κ2) is 15.8. The predicted molar refractivity (Wildman–Crippen MR) is 80.4 cm³/mol. The maximum atomic E-state index is 10.4. The number of rotatable bonds is 7. The molecule has 0 bridgehead atoms. The van der Waals surface area contributed by atoms with Gasteiger partial charge < -0.3 is 10.2 Å². The fourth-order valence-electron chi connectivity index (χ4n) is 1.27. The summed E-state index contributed by atoms with van der Waals surface area (Å²) in [5, 5.41) is 16.6. The van der Waals surface area contributed by atoms with Crippen LogP contribution in [0.5, 0.6) is 0 Å². The minimum atomic E-state index is -1.02. The average molecular weight is 367 g/mol. The van der Waals surface area contributed by atoms with Gasteiger partial charge in [-0.05, 0) is 26.7 Å². The summed E-state index contributed by atoms with van der Waals surface area (Å²) in [6.45, 7) is 9.95. The van der Waals surface area contributed by atoms with Crippen LogP contribution >= 0.6 is 0 Å². The van der Waals surface area contributed by atoms with Gasteiger partial charge in [-0.1, -0.05) is 13.8 Å². The summed E-state index contributed by atoms with van der Waals surface area (Å²) in [7, 11) is 0. The van der Waals surface area contributed by atoms with Crippen LogP contribution < -0.4 is 0 Å². The van der Waals surface area contributed by atoms with E-state index >= 15 is 0 Å². The molecule has 23 heavy (non-hydrogen) atoms. The number of hydrogen-bond donors (Lipinski definition) is 2. The van der Waals surface area contributed by atoms with Crippen molar-refractivity contribution in [2.24, 2.45) is 11.8 Å². The zero-order valence-corrected chi connectivity index (χ0v) is 16.1. The third kappa shape index (κ3) is 17.1. The first-order valence-electron chi connectivity index (χ1n) is 7.24.